The van der Waals surface area contributed by atoms with Crippen LogP contribution in [0.15, 0.2) is 4.90 Å². The first-order valence-electron chi connectivity index (χ1n) is 8.41. The third kappa shape index (κ3) is 5.26. The molecule has 0 saturated carbocycles. The minimum atomic E-state index is -3.83. The molecule has 25 heavy (non-hydrogen) atoms. The molecule has 8 nitrogen and oxygen atoms in total. The number of aryl methyl sites for hydroxylation is 2. The summed E-state index contributed by atoms with van der Waals surface area (Å²) in [6, 6.07) is -0.868. The van der Waals surface area contributed by atoms with Crippen molar-refractivity contribution in [2.24, 2.45) is 18.7 Å². The number of nitrogens with two attached hydrogens (primary N) is 1. The Morgan fingerprint density at radius 1 is 1.32 bits per heavy atom. The number of sulfonamides is 1. The predicted molar refractivity (Wildman–Crippen MR) is 97.5 cm³/mol. The van der Waals surface area contributed by atoms with E-state index < -0.39 is 16.1 Å². The molecule has 144 valence electrons. The Bertz CT molecular complexity index is 712. The highest BCUT2D eigenvalue weighted by Crippen LogP contribution is 2.18. The van der Waals surface area contributed by atoms with Crippen molar-refractivity contribution < 1.29 is 13.2 Å². The first-order valence-corrected chi connectivity index (χ1v) is 9.89. The van der Waals surface area contributed by atoms with Gasteiger partial charge in [0, 0.05) is 26.7 Å². The standard InChI is InChI=1S/C16H31N5O3S/c1-10(2)14(17)8-9-20(6)16(22)12(4)19-25(23,24)15-11(3)18-21(7)13(15)5/h10,12,14,19H,8-9,17H2,1-7H3. The van der Waals surface area contributed by atoms with Crippen LogP contribution in [0.5, 0.6) is 0 Å². The van der Waals surface area contributed by atoms with Gasteiger partial charge in [-0.2, -0.15) is 9.82 Å². The lowest BCUT2D eigenvalue weighted by molar-refractivity contribution is -0.131. The third-order valence-corrected chi connectivity index (χ3v) is 6.24. The Kier molecular flexibility index (Phi) is 7.16. The van der Waals surface area contributed by atoms with E-state index in [1.54, 1.807) is 34.9 Å². The Hall–Kier alpha value is -1.45. The zero-order valence-corrected chi connectivity index (χ0v) is 17.0. The fraction of sp³-hybridized carbons (Fsp3) is 0.750. The van der Waals surface area contributed by atoms with Gasteiger partial charge in [-0.25, -0.2) is 8.42 Å². The van der Waals surface area contributed by atoms with Crippen LogP contribution in [-0.4, -0.2) is 54.7 Å². The summed E-state index contributed by atoms with van der Waals surface area (Å²) in [7, 11) is -0.493. The van der Waals surface area contributed by atoms with Gasteiger partial charge in [-0.1, -0.05) is 13.8 Å². The van der Waals surface area contributed by atoms with E-state index in [4.69, 9.17) is 5.73 Å². The molecule has 0 aromatic carbocycles. The summed E-state index contributed by atoms with van der Waals surface area (Å²) in [4.78, 5) is 14.1. The lowest BCUT2D eigenvalue weighted by Gasteiger charge is -2.24. The minimum Gasteiger partial charge on any atom is -0.344 e. The molecule has 0 aliphatic rings. The second-order valence-electron chi connectivity index (χ2n) is 6.92. The van der Waals surface area contributed by atoms with Crippen molar-refractivity contribution >= 4 is 15.9 Å². The molecule has 0 spiro atoms. The maximum absolute atomic E-state index is 12.6. The summed E-state index contributed by atoms with van der Waals surface area (Å²) < 4.78 is 29.2. The highest BCUT2D eigenvalue weighted by atomic mass is 32.2. The van der Waals surface area contributed by atoms with Crippen LogP contribution in [0.4, 0.5) is 0 Å². The zero-order chi connectivity index (χ0) is 19.5. The number of rotatable bonds is 8. The molecule has 0 aliphatic heterocycles. The maximum Gasteiger partial charge on any atom is 0.244 e. The van der Waals surface area contributed by atoms with Gasteiger partial charge in [0.25, 0.3) is 0 Å². The van der Waals surface area contributed by atoms with Gasteiger partial charge in [0.2, 0.25) is 15.9 Å². The number of hydrogen-bond donors (Lipinski definition) is 2. The molecule has 0 saturated heterocycles. The molecule has 9 heteroatoms. The second-order valence-corrected chi connectivity index (χ2v) is 8.57. The van der Waals surface area contributed by atoms with Gasteiger partial charge >= 0.3 is 0 Å². The number of amides is 1. The lowest BCUT2D eigenvalue weighted by Crippen LogP contribution is -2.46. The number of hydrogen-bond acceptors (Lipinski definition) is 5. The van der Waals surface area contributed by atoms with Gasteiger partial charge in [0.05, 0.1) is 17.4 Å². The van der Waals surface area contributed by atoms with Crippen molar-refractivity contribution in [3.63, 3.8) is 0 Å². The van der Waals surface area contributed by atoms with Gasteiger partial charge < -0.3 is 10.6 Å². The quantitative estimate of drug-likeness (QED) is 0.691. The first kappa shape index (κ1) is 21.6. The van der Waals surface area contributed by atoms with Gasteiger partial charge in [-0.05, 0) is 33.1 Å². The summed E-state index contributed by atoms with van der Waals surface area (Å²) in [5.74, 6) is 0.0367. The molecule has 1 heterocycles. The normalized spacial score (nSPS) is 14.6. The van der Waals surface area contributed by atoms with Crippen LogP contribution < -0.4 is 10.5 Å². The smallest absolute Gasteiger partial charge is 0.244 e. The van der Waals surface area contributed by atoms with E-state index in [9.17, 15) is 13.2 Å². The monoisotopic (exact) mass is 373 g/mol. The van der Waals surface area contributed by atoms with Gasteiger partial charge in [0.1, 0.15) is 4.90 Å². The predicted octanol–water partition coefficient (Wildman–Crippen LogP) is 0.536. The average Bonchev–Trinajstić information content (AvgIpc) is 2.76. The van der Waals surface area contributed by atoms with Crippen LogP contribution >= 0.6 is 0 Å². The van der Waals surface area contributed by atoms with Crippen molar-refractivity contribution in [2.45, 2.75) is 58.0 Å². The Morgan fingerprint density at radius 2 is 1.88 bits per heavy atom. The summed E-state index contributed by atoms with van der Waals surface area (Å²) in [6.07, 6.45) is 0.667. The lowest BCUT2D eigenvalue weighted by atomic mass is 10.0. The highest BCUT2D eigenvalue weighted by Gasteiger charge is 2.29. The van der Waals surface area contributed by atoms with E-state index in [0.717, 1.165) is 0 Å². The summed E-state index contributed by atoms with van der Waals surface area (Å²) in [5.41, 5.74) is 6.93. The number of nitrogens with zero attached hydrogens (tertiary/aromatic N) is 3. The van der Waals surface area contributed by atoms with E-state index in [0.29, 0.717) is 30.3 Å². The van der Waals surface area contributed by atoms with Gasteiger partial charge in [-0.15, -0.1) is 0 Å². The summed E-state index contributed by atoms with van der Waals surface area (Å²) in [5, 5.41) is 4.12. The molecule has 0 radical (unpaired) electrons. The summed E-state index contributed by atoms with van der Waals surface area (Å²) in [6.45, 7) is 9.40. The number of likely N-dealkylation sites (N-methyl/N-ethyl adjacent to an activating group) is 1. The SMILES string of the molecule is Cc1nn(C)c(C)c1S(=O)(=O)NC(C)C(=O)N(C)CCC(N)C(C)C. The van der Waals surface area contributed by atoms with Crippen LogP contribution in [-0.2, 0) is 21.9 Å². The summed E-state index contributed by atoms with van der Waals surface area (Å²) >= 11 is 0. The van der Waals surface area contributed by atoms with E-state index >= 15 is 0 Å². The number of nitrogens with one attached hydrogen (secondary N) is 1. The molecule has 3 N–H and O–H groups in total. The molecular formula is C16H31N5O3S. The molecule has 2 atom stereocenters. The van der Waals surface area contributed by atoms with E-state index in [-0.39, 0.29) is 16.8 Å². The van der Waals surface area contributed by atoms with Crippen LogP contribution in [0.2, 0.25) is 0 Å². The van der Waals surface area contributed by atoms with Crippen LogP contribution in [0.25, 0.3) is 0 Å². The van der Waals surface area contributed by atoms with Crippen LogP contribution in [0, 0.1) is 19.8 Å². The zero-order valence-electron chi connectivity index (χ0n) is 16.2. The average molecular weight is 374 g/mol. The van der Waals surface area contributed by atoms with Crippen LogP contribution in [0.3, 0.4) is 0 Å². The highest BCUT2D eigenvalue weighted by molar-refractivity contribution is 7.89. The Balaban J connectivity index is 2.79. The van der Waals surface area contributed by atoms with Crippen LogP contribution in [0.1, 0.15) is 38.6 Å². The molecule has 1 rings (SSSR count). The van der Waals surface area contributed by atoms with Crippen molar-refractivity contribution in [1.29, 1.82) is 0 Å². The number of aromatic nitrogens is 2. The molecule has 1 aromatic heterocycles. The van der Waals surface area contributed by atoms with Gasteiger partial charge in [0.15, 0.2) is 0 Å². The van der Waals surface area contributed by atoms with E-state index in [1.807, 2.05) is 13.8 Å². The second kappa shape index (κ2) is 8.29. The third-order valence-electron chi connectivity index (χ3n) is 4.44. The van der Waals surface area contributed by atoms with Crippen molar-refractivity contribution in [1.82, 2.24) is 19.4 Å². The molecule has 0 fully saturated rings. The number of carbonyl (C=O) groups excluding carboxylic acids is 1. The largest absolute Gasteiger partial charge is 0.344 e. The molecule has 0 aliphatic carbocycles. The fourth-order valence-electron chi connectivity index (χ4n) is 2.60. The minimum absolute atomic E-state index is 0.00272. The molecule has 1 amide bonds. The Morgan fingerprint density at radius 3 is 2.32 bits per heavy atom. The number of carbonyl (C=O) groups is 1. The van der Waals surface area contributed by atoms with Crippen molar-refractivity contribution in [3.8, 4) is 0 Å². The molecule has 1 aromatic rings. The van der Waals surface area contributed by atoms with Gasteiger partial charge in [-0.3, -0.25) is 9.48 Å². The first-order chi connectivity index (χ1) is 11.4. The molecule has 2 unspecified atom stereocenters. The maximum atomic E-state index is 12.6. The van der Waals surface area contributed by atoms with Crippen molar-refractivity contribution in [3.05, 3.63) is 11.4 Å². The Labute approximate surface area is 150 Å². The molecular weight excluding hydrogens is 342 g/mol. The van der Waals surface area contributed by atoms with E-state index in [2.05, 4.69) is 9.82 Å². The fourth-order valence-corrected chi connectivity index (χ4v) is 4.24. The topological polar surface area (TPSA) is 110 Å². The van der Waals surface area contributed by atoms with E-state index in [1.165, 1.54) is 9.58 Å². The molecule has 0 bridgehead atoms. The van der Waals surface area contributed by atoms with Crippen molar-refractivity contribution in [2.75, 3.05) is 13.6 Å².